The molecule has 0 aliphatic heterocycles. The van der Waals surface area contributed by atoms with Crippen LogP contribution in [0.5, 0.6) is 11.8 Å². The van der Waals surface area contributed by atoms with E-state index in [4.69, 9.17) is 9.47 Å². The van der Waals surface area contributed by atoms with Crippen molar-refractivity contribution < 1.29 is 23.6 Å². The van der Waals surface area contributed by atoms with Crippen LogP contribution in [0.3, 0.4) is 0 Å². The Bertz CT molecular complexity index is 1670. The average molecular weight is 554 g/mol. The van der Waals surface area contributed by atoms with Crippen molar-refractivity contribution in [1.29, 1.82) is 0 Å². The lowest BCUT2D eigenvalue weighted by molar-refractivity contribution is -0.384. The van der Waals surface area contributed by atoms with Gasteiger partial charge in [-0.3, -0.25) is 14.9 Å². The van der Waals surface area contributed by atoms with E-state index in [2.05, 4.69) is 15.4 Å². The quantitative estimate of drug-likeness (QED) is 0.170. The van der Waals surface area contributed by atoms with Gasteiger partial charge in [0.2, 0.25) is 0 Å². The molecule has 0 bridgehead atoms. The summed E-state index contributed by atoms with van der Waals surface area (Å²) in [6.45, 7) is 0.306. The van der Waals surface area contributed by atoms with Crippen LogP contribution in [-0.2, 0) is 6.42 Å². The molecule has 0 radical (unpaired) electrons. The number of carbonyl (C=O) groups excluding carboxylic acids is 1. The number of benzene rings is 4. The predicted octanol–water partition coefficient (Wildman–Crippen LogP) is 5.86. The molecule has 0 aliphatic carbocycles. The number of non-ortho nitro benzene ring substituents is 1. The highest BCUT2D eigenvalue weighted by atomic mass is 19.1. The summed E-state index contributed by atoms with van der Waals surface area (Å²) in [6.07, 6.45) is 0.608. The monoisotopic (exact) mass is 553 g/mol. The maximum atomic E-state index is 14.7. The number of nitrogens with zero attached hydrogens (tertiary/aromatic N) is 4. The maximum Gasteiger partial charge on any atom is 0.336 e. The first-order valence-electron chi connectivity index (χ1n) is 12.6. The van der Waals surface area contributed by atoms with Gasteiger partial charge in [0.25, 0.3) is 11.6 Å². The third-order valence-corrected chi connectivity index (χ3v) is 6.19. The van der Waals surface area contributed by atoms with Crippen LogP contribution in [0.25, 0.3) is 17.1 Å². The topological polar surface area (TPSA) is 121 Å². The number of hydrogen-bond acceptors (Lipinski definition) is 7. The standard InChI is InChI=1S/C30H24FN5O5/c1-40-25-16-6-20(7-17-25)18-19-41-30-33-28(26-4-2-3-5-27(26)31)35(34-30)23-14-10-22(11-15-23)32-29(37)21-8-12-24(13-9-21)36(38)39/h2-17H,18-19H2,1H3,(H,32,37). The Balaban J connectivity index is 1.34. The van der Waals surface area contributed by atoms with Gasteiger partial charge in [-0.05, 0) is 66.2 Å². The second-order valence-electron chi connectivity index (χ2n) is 8.86. The minimum Gasteiger partial charge on any atom is -0.497 e. The number of anilines is 1. The number of nitrogens with one attached hydrogen (secondary N) is 1. The van der Waals surface area contributed by atoms with Crippen LogP contribution in [0.4, 0.5) is 15.8 Å². The van der Waals surface area contributed by atoms with Crippen LogP contribution in [0.15, 0.2) is 97.1 Å². The molecule has 0 saturated carbocycles. The molecule has 0 spiro atoms. The number of rotatable bonds is 10. The number of ether oxygens (including phenoxy) is 2. The second kappa shape index (κ2) is 12.1. The number of amides is 1. The van der Waals surface area contributed by atoms with E-state index in [1.54, 1.807) is 49.6 Å². The van der Waals surface area contributed by atoms with E-state index < -0.39 is 16.6 Å². The van der Waals surface area contributed by atoms with Gasteiger partial charge in [0, 0.05) is 29.8 Å². The van der Waals surface area contributed by atoms with Crippen molar-refractivity contribution in [3.8, 4) is 28.8 Å². The fraction of sp³-hybridized carbons (Fsp3) is 0.100. The van der Waals surface area contributed by atoms with Gasteiger partial charge in [0.05, 0.1) is 29.9 Å². The van der Waals surface area contributed by atoms with Crippen molar-refractivity contribution >= 4 is 17.3 Å². The van der Waals surface area contributed by atoms with Gasteiger partial charge in [-0.15, -0.1) is 5.10 Å². The van der Waals surface area contributed by atoms with Crippen LogP contribution in [-0.4, -0.2) is 39.3 Å². The van der Waals surface area contributed by atoms with Gasteiger partial charge in [-0.25, -0.2) is 9.07 Å². The van der Waals surface area contributed by atoms with Crippen molar-refractivity contribution in [1.82, 2.24) is 14.8 Å². The number of methoxy groups -OCH3 is 1. The Hall–Kier alpha value is -5.58. The Kier molecular flexibility index (Phi) is 7.95. The summed E-state index contributed by atoms with van der Waals surface area (Å²) >= 11 is 0. The molecule has 0 saturated heterocycles. The van der Waals surface area contributed by atoms with Crippen LogP contribution in [0.1, 0.15) is 15.9 Å². The van der Waals surface area contributed by atoms with Crippen molar-refractivity contribution in [2.45, 2.75) is 6.42 Å². The Morgan fingerprint density at radius 1 is 0.976 bits per heavy atom. The predicted molar refractivity (Wildman–Crippen MR) is 150 cm³/mol. The highest BCUT2D eigenvalue weighted by Crippen LogP contribution is 2.27. The third-order valence-electron chi connectivity index (χ3n) is 6.19. The fourth-order valence-corrected chi connectivity index (χ4v) is 4.03. The molecule has 0 aliphatic rings. The number of halogens is 1. The first-order chi connectivity index (χ1) is 19.9. The van der Waals surface area contributed by atoms with Gasteiger partial charge in [-0.2, -0.15) is 4.98 Å². The SMILES string of the molecule is COc1ccc(CCOc2nc(-c3ccccc3F)n(-c3ccc(NC(=O)c4ccc([N+](=O)[O-])cc4)cc3)n2)cc1. The summed E-state index contributed by atoms with van der Waals surface area (Å²) in [5.74, 6) is 0.137. The zero-order valence-electron chi connectivity index (χ0n) is 21.9. The van der Waals surface area contributed by atoms with Crippen molar-refractivity contribution in [2.24, 2.45) is 0 Å². The van der Waals surface area contributed by atoms with E-state index in [0.29, 0.717) is 24.4 Å². The molecular formula is C30H24FN5O5. The summed E-state index contributed by atoms with van der Waals surface area (Å²) in [4.78, 5) is 27.4. The Morgan fingerprint density at radius 3 is 2.34 bits per heavy atom. The summed E-state index contributed by atoms with van der Waals surface area (Å²) in [7, 11) is 1.61. The van der Waals surface area contributed by atoms with E-state index in [0.717, 1.165) is 11.3 Å². The zero-order chi connectivity index (χ0) is 28.8. The summed E-state index contributed by atoms with van der Waals surface area (Å²) < 4.78 is 27.2. The molecule has 1 aromatic heterocycles. The van der Waals surface area contributed by atoms with E-state index in [1.165, 1.54) is 35.0 Å². The lowest BCUT2D eigenvalue weighted by Gasteiger charge is -2.09. The Morgan fingerprint density at radius 2 is 1.68 bits per heavy atom. The summed E-state index contributed by atoms with van der Waals surface area (Å²) in [5, 5.41) is 18.1. The van der Waals surface area contributed by atoms with Crippen LogP contribution in [0, 0.1) is 15.9 Å². The lowest BCUT2D eigenvalue weighted by atomic mass is 10.1. The van der Waals surface area contributed by atoms with Crippen LogP contribution >= 0.6 is 0 Å². The third kappa shape index (κ3) is 6.36. The van der Waals surface area contributed by atoms with Crippen molar-refractivity contribution in [2.75, 3.05) is 19.0 Å². The maximum absolute atomic E-state index is 14.7. The van der Waals surface area contributed by atoms with Gasteiger partial charge >= 0.3 is 6.01 Å². The van der Waals surface area contributed by atoms with Crippen LogP contribution in [0.2, 0.25) is 0 Å². The first-order valence-corrected chi connectivity index (χ1v) is 12.6. The average Bonchev–Trinajstić information content (AvgIpc) is 3.42. The van der Waals surface area contributed by atoms with Crippen molar-refractivity contribution in [3.63, 3.8) is 0 Å². The summed E-state index contributed by atoms with van der Waals surface area (Å²) in [6, 6.07) is 26.0. The molecule has 4 aromatic carbocycles. The van der Waals surface area contributed by atoms with Gasteiger partial charge in [0.1, 0.15) is 11.6 Å². The number of nitro benzene ring substituents is 1. The molecule has 206 valence electrons. The first kappa shape index (κ1) is 27.0. The molecule has 0 fully saturated rings. The molecular weight excluding hydrogens is 529 g/mol. The molecule has 11 heteroatoms. The minimum atomic E-state index is -0.530. The smallest absolute Gasteiger partial charge is 0.336 e. The molecule has 1 heterocycles. The molecule has 5 rings (SSSR count). The second-order valence-corrected chi connectivity index (χ2v) is 8.86. The highest BCUT2D eigenvalue weighted by molar-refractivity contribution is 6.04. The number of aromatic nitrogens is 3. The van der Waals surface area contributed by atoms with Gasteiger partial charge in [-0.1, -0.05) is 24.3 Å². The summed E-state index contributed by atoms with van der Waals surface area (Å²) in [5.41, 5.74) is 2.52. The van der Waals surface area contributed by atoms with E-state index in [1.807, 2.05) is 24.3 Å². The number of nitro groups is 1. The molecule has 1 N–H and O–H groups in total. The highest BCUT2D eigenvalue weighted by Gasteiger charge is 2.18. The molecule has 5 aromatic rings. The van der Waals surface area contributed by atoms with Gasteiger partial charge < -0.3 is 14.8 Å². The molecule has 41 heavy (non-hydrogen) atoms. The zero-order valence-corrected chi connectivity index (χ0v) is 21.9. The van der Waals surface area contributed by atoms with Crippen molar-refractivity contribution in [3.05, 3.63) is 124 Å². The normalized spacial score (nSPS) is 10.7. The van der Waals surface area contributed by atoms with Gasteiger partial charge in [0.15, 0.2) is 5.82 Å². The lowest BCUT2D eigenvalue weighted by Crippen LogP contribution is -2.12. The molecule has 0 atom stereocenters. The number of carbonyl (C=O) groups is 1. The number of hydrogen-bond donors (Lipinski definition) is 1. The Labute approximate surface area is 234 Å². The van der Waals surface area contributed by atoms with Crippen LogP contribution < -0.4 is 14.8 Å². The van der Waals surface area contributed by atoms with E-state index >= 15 is 0 Å². The molecule has 1 amide bonds. The largest absolute Gasteiger partial charge is 0.497 e. The minimum absolute atomic E-state index is 0.0901. The molecule has 0 unspecified atom stereocenters. The molecule has 10 nitrogen and oxygen atoms in total. The van der Waals surface area contributed by atoms with E-state index in [9.17, 15) is 19.3 Å². The fourth-order valence-electron chi connectivity index (χ4n) is 4.03. The van der Waals surface area contributed by atoms with E-state index in [-0.39, 0.29) is 28.6 Å².